The fraction of sp³-hybridized carbons (Fsp3) is 0.250. The van der Waals surface area contributed by atoms with E-state index in [1.54, 1.807) is 16.7 Å². The molecule has 0 aliphatic heterocycles. The average molecular weight is 371 g/mol. The first-order valence-electron chi connectivity index (χ1n) is 8.05. The molecular weight excluding hydrogens is 354 g/mol. The number of rotatable bonds is 5. The molecule has 0 spiro atoms. The van der Waals surface area contributed by atoms with Gasteiger partial charge in [0.2, 0.25) is 5.95 Å². The van der Waals surface area contributed by atoms with Crippen LogP contribution in [-0.4, -0.2) is 29.8 Å². The number of imidazole rings is 1. The maximum atomic E-state index is 12.4. The van der Waals surface area contributed by atoms with E-state index in [1.165, 1.54) is 37.0 Å². The second-order valence-corrected chi connectivity index (χ2v) is 5.78. The van der Waals surface area contributed by atoms with Crippen molar-refractivity contribution in [1.29, 1.82) is 0 Å². The van der Waals surface area contributed by atoms with E-state index in [9.17, 15) is 19.7 Å². The smallest absolute Gasteiger partial charge is 0.303 e. The summed E-state index contributed by atoms with van der Waals surface area (Å²) in [5.74, 6) is 0.285. The Morgan fingerprint density at radius 1 is 1.30 bits per heavy atom. The second kappa shape index (κ2) is 6.86. The van der Waals surface area contributed by atoms with Crippen molar-refractivity contribution < 1.29 is 4.92 Å². The van der Waals surface area contributed by atoms with Gasteiger partial charge in [0.15, 0.2) is 11.2 Å². The second-order valence-electron chi connectivity index (χ2n) is 5.78. The largest absolute Gasteiger partial charge is 0.332 e. The van der Waals surface area contributed by atoms with Crippen LogP contribution in [0.1, 0.15) is 12.5 Å². The van der Waals surface area contributed by atoms with Crippen molar-refractivity contribution in [3.63, 3.8) is 0 Å². The zero-order valence-electron chi connectivity index (χ0n) is 14.9. The van der Waals surface area contributed by atoms with Crippen LogP contribution in [-0.2, 0) is 20.6 Å². The summed E-state index contributed by atoms with van der Waals surface area (Å²) in [6.45, 7) is 2.26. The molecule has 27 heavy (non-hydrogen) atoms. The zero-order valence-corrected chi connectivity index (χ0v) is 14.9. The van der Waals surface area contributed by atoms with E-state index in [1.807, 2.05) is 6.92 Å². The minimum atomic E-state index is -0.489. The minimum absolute atomic E-state index is 0.0433. The van der Waals surface area contributed by atoms with Crippen LogP contribution in [0.2, 0.25) is 0 Å². The summed E-state index contributed by atoms with van der Waals surface area (Å²) in [6.07, 6.45) is 1.41. The number of anilines is 1. The van der Waals surface area contributed by atoms with Crippen molar-refractivity contribution in [1.82, 2.24) is 18.7 Å². The van der Waals surface area contributed by atoms with Crippen LogP contribution in [0.15, 0.2) is 39.0 Å². The highest BCUT2D eigenvalue weighted by Gasteiger charge is 2.17. The van der Waals surface area contributed by atoms with Gasteiger partial charge in [-0.3, -0.25) is 24.0 Å². The van der Waals surface area contributed by atoms with Crippen LogP contribution >= 0.6 is 0 Å². The van der Waals surface area contributed by atoms with Gasteiger partial charge in [-0.1, -0.05) is 12.1 Å². The van der Waals surface area contributed by atoms with Gasteiger partial charge in [-0.25, -0.2) is 10.2 Å². The molecular formula is C16H17N7O4. The van der Waals surface area contributed by atoms with Crippen molar-refractivity contribution in [2.24, 2.45) is 19.2 Å². The van der Waals surface area contributed by atoms with Gasteiger partial charge >= 0.3 is 5.69 Å². The molecule has 0 aliphatic carbocycles. The molecule has 0 radical (unpaired) electrons. The van der Waals surface area contributed by atoms with Crippen LogP contribution in [0.4, 0.5) is 11.6 Å². The van der Waals surface area contributed by atoms with Crippen molar-refractivity contribution in [3.05, 3.63) is 60.8 Å². The topological polar surface area (TPSA) is 129 Å². The number of hydrogen-bond acceptors (Lipinski definition) is 7. The van der Waals surface area contributed by atoms with E-state index in [4.69, 9.17) is 0 Å². The van der Waals surface area contributed by atoms with Gasteiger partial charge in [0.25, 0.3) is 11.2 Å². The number of aromatic nitrogens is 4. The lowest BCUT2D eigenvalue weighted by Crippen LogP contribution is -2.37. The number of benzene rings is 1. The third kappa shape index (κ3) is 3.10. The number of hydrogen-bond donors (Lipinski definition) is 1. The molecule has 0 unspecified atom stereocenters. The quantitative estimate of drug-likeness (QED) is 0.401. The maximum absolute atomic E-state index is 12.4. The zero-order chi connectivity index (χ0) is 19.7. The van der Waals surface area contributed by atoms with E-state index >= 15 is 0 Å². The Bertz CT molecular complexity index is 1190. The monoisotopic (exact) mass is 371 g/mol. The highest BCUT2D eigenvalue weighted by atomic mass is 16.6. The van der Waals surface area contributed by atoms with E-state index in [0.29, 0.717) is 12.1 Å². The average Bonchev–Trinajstić information content (AvgIpc) is 3.03. The van der Waals surface area contributed by atoms with Crippen molar-refractivity contribution in [2.45, 2.75) is 13.5 Å². The molecule has 140 valence electrons. The molecule has 1 aromatic carbocycles. The van der Waals surface area contributed by atoms with Gasteiger partial charge in [0.05, 0.1) is 11.1 Å². The first-order valence-corrected chi connectivity index (χ1v) is 8.05. The number of non-ortho nitro benzene ring substituents is 1. The Morgan fingerprint density at radius 3 is 2.70 bits per heavy atom. The Kier molecular flexibility index (Phi) is 4.59. The molecule has 0 bridgehead atoms. The molecule has 2 heterocycles. The Hall–Kier alpha value is -3.76. The number of nitro groups is 1. The standard InChI is InChI=1S/C16H17N7O4/c1-4-22-12-13(20(2)16(25)21(3)14(12)24)18-15(22)19-17-9-10-6-5-7-11(8-10)23(26)27/h5-9H,4H2,1-3H3,(H,18,19)/b17-9+. The first-order chi connectivity index (χ1) is 12.8. The predicted molar refractivity (Wildman–Crippen MR) is 100 cm³/mol. The van der Waals surface area contributed by atoms with Crippen LogP contribution in [0.25, 0.3) is 11.2 Å². The third-order valence-electron chi connectivity index (χ3n) is 4.12. The van der Waals surface area contributed by atoms with E-state index < -0.39 is 16.2 Å². The van der Waals surface area contributed by atoms with Gasteiger partial charge in [0.1, 0.15) is 0 Å². The molecule has 0 saturated heterocycles. The predicted octanol–water partition coefficient (Wildman–Crippen LogP) is 0.808. The molecule has 2 aromatic heterocycles. The molecule has 0 saturated carbocycles. The number of hydrazone groups is 1. The SMILES string of the molecule is CCn1c(N/N=C/c2cccc([N+](=O)[O-])c2)nc2c1c(=O)n(C)c(=O)n2C. The highest BCUT2D eigenvalue weighted by Crippen LogP contribution is 2.15. The third-order valence-corrected chi connectivity index (χ3v) is 4.12. The fourth-order valence-electron chi connectivity index (χ4n) is 2.72. The molecule has 3 aromatic rings. The molecule has 3 rings (SSSR count). The Morgan fingerprint density at radius 2 is 2.04 bits per heavy atom. The summed E-state index contributed by atoms with van der Waals surface area (Å²) in [6, 6.07) is 5.99. The van der Waals surface area contributed by atoms with Crippen molar-refractivity contribution in [3.8, 4) is 0 Å². The summed E-state index contributed by atoms with van der Waals surface area (Å²) in [5.41, 5.74) is 2.83. The molecule has 11 heteroatoms. The molecule has 1 N–H and O–H groups in total. The number of aryl methyl sites for hydroxylation is 2. The lowest BCUT2D eigenvalue weighted by molar-refractivity contribution is -0.384. The van der Waals surface area contributed by atoms with Crippen LogP contribution in [0, 0.1) is 10.1 Å². The van der Waals surface area contributed by atoms with Gasteiger partial charge in [-0.15, -0.1) is 0 Å². The summed E-state index contributed by atoms with van der Waals surface area (Å²) in [7, 11) is 2.94. The fourth-order valence-corrected chi connectivity index (χ4v) is 2.72. The number of nitrogens with one attached hydrogen (secondary N) is 1. The normalized spacial score (nSPS) is 11.4. The van der Waals surface area contributed by atoms with E-state index in [2.05, 4.69) is 15.5 Å². The minimum Gasteiger partial charge on any atom is -0.303 e. The first kappa shape index (κ1) is 18.0. The number of nitrogens with zero attached hydrogens (tertiary/aromatic N) is 6. The van der Waals surface area contributed by atoms with Crippen LogP contribution < -0.4 is 16.7 Å². The summed E-state index contributed by atoms with van der Waals surface area (Å²) in [4.78, 5) is 39.2. The van der Waals surface area contributed by atoms with Gasteiger partial charge in [0, 0.05) is 38.3 Å². The maximum Gasteiger partial charge on any atom is 0.332 e. The van der Waals surface area contributed by atoms with Crippen molar-refractivity contribution in [2.75, 3.05) is 5.43 Å². The summed E-state index contributed by atoms with van der Waals surface area (Å²) in [5, 5.41) is 14.9. The summed E-state index contributed by atoms with van der Waals surface area (Å²) >= 11 is 0. The van der Waals surface area contributed by atoms with Gasteiger partial charge < -0.3 is 4.57 Å². The summed E-state index contributed by atoms with van der Waals surface area (Å²) < 4.78 is 3.92. The van der Waals surface area contributed by atoms with Crippen molar-refractivity contribution >= 4 is 29.0 Å². The van der Waals surface area contributed by atoms with E-state index in [-0.39, 0.29) is 22.8 Å². The molecule has 11 nitrogen and oxygen atoms in total. The number of fused-ring (bicyclic) bond motifs is 1. The van der Waals surface area contributed by atoms with E-state index in [0.717, 1.165) is 4.57 Å². The van der Waals surface area contributed by atoms with Crippen LogP contribution in [0.3, 0.4) is 0 Å². The molecule has 0 atom stereocenters. The lowest BCUT2D eigenvalue weighted by atomic mass is 10.2. The highest BCUT2D eigenvalue weighted by molar-refractivity contribution is 5.81. The number of nitro benzene ring substituents is 1. The van der Waals surface area contributed by atoms with Gasteiger partial charge in [-0.2, -0.15) is 10.1 Å². The lowest BCUT2D eigenvalue weighted by Gasteiger charge is -2.05. The van der Waals surface area contributed by atoms with Gasteiger partial charge in [-0.05, 0) is 6.92 Å². The molecule has 0 aliphatic rings. The Labute approximate surface area is 152 Å². The molecule has 0 fully saturated rings. The molecule has 0 amide bonds. The Balaban J connectivity index is 2.01. The van der Waals surface area contributed by atoms with Crippen LogP contribution in [0.5, 0.6) is 0 Å².